The molecule has 0 aromatic heterocycles. The molecule has 0 saturated heterocycles. The maximum absolute atomic E-state index is 5.86. The topological polar surface area (TPSA) is 3.24 Å². The summed E-state index contributed by atoms with van der Waals surface area (Å²) >= 11 is 11.7. The summed E-state index contributed by atoms with van der Waals surface area (Å²) in [4.78, 5) is 1.81. The van der Waals surface area contributed by atoms with Gasteiger partial charge in [-0.25, -0.2) is 0 Å². The lowest BCUT2D eigenvalue weighted by molar-refractivity contribution is 0.319. The van der Waals surface area contributed by atoms with E-state index in [4.69, 9.17) is 23.2 Å². The second-order valence-electron chi connectivity index (χ2n) is 2.31. The fourth-order valence-corrected chi connectivity index (χ4v) is 0.902. The smallest absolute Gasteiger partial charge is 0.170 e. The van der Waals surface area contributed by atoms with Crippen LogP contribution in [0.15, 0.2) is 0 Å². The molecule has 0 aromatic carbocycles. The highest BCUT2D eigenvalue weighted by atomic mass is 35.5. The lowest BCUT2D eigenvalue weighted by Gasteiger charge is -2.26. The standard InChI is InChI=1S/C6H13Cl2N/c1-4-5-6(7,8)9(2)3/h4-5H2,1-3H3. The van der Waals surface area contributed by atoms with E-state index in [2.05, 4.69) is 6.92 Å². The minimum absolute atomic E-state index is 0.672. The van der Waals surface area contributed by atoms with E-state index in [1.165, 1.54) is 0 Å². The van der Waals surface area contributed by atoms with Crippen LogP contribution in [-0.2, 0) is 0 Å². The van der Waals surface area contributed by atoms with Crippen molar-refractivity contribution in [3.63, 3.8) is 0 Å². The van der Waals surface area contributed by atoms with E-state index >= 15 is 0 Å². The Labute approximate surface area is 66.9 Å². The lowest BCUT2D eigenvalue weighted by Crippen LogP contribution is -2.32. The van der Waals surface area contributed by atoms with Gasteiger partial charge in [-0.2, -0.15) is 0 Å². The van der Waals surface area contributed by atoms with Crippen LogP contribution in [0.4, 0.5) is 0 Å². The maximum atomic E-state index is 5.86. The molecule has 0 saturated carbocycles. The first-order chi connectivity index (χ1) is 4.00. The van der Waals surface area contributed by atoms with E-state index in [0.717, 1.165) is 12.8 Å². The summed E-state index contributed by atoms with van der Waals surface area (Å²) in [6, 6.07) is 0. The number of hydrogen-bond donors (Lipinski definition) is 0. The summed E-state index contributed by atoms with van der Waals surface area (Å²) in [5, 5.41) is 0. The van der Waals surface area contributed by atoms with E-state index in [0.29, 0.717) is 0 Å². The molecule has 56 valence electrons. The zero-order valence-corrected chi connectivity index (χ0v) is 7.63. The zero-order valence-electron chi connectivity index (χ0n) is 6.12. The SMILES string of the molecule is CCCC(Cl)(Cl)N(C)C. The minimum Gasteiger partial charge on any atom is -0.279 e. The van der Waals surface area contributed by atoms with Crippen LogP contribution in [0.1, 0.15) is 19.8 Å². The summed E-state index contributed by atoms with van der Waals surface area (Å²) in [6.45, 7) is 2.06. The molecular weight excluding hydrogens is 157 g/mol. The van der Waals surface area contributed by atoms with E-state index in [1.54, 1.807) is 4.90 Å². The molecule has 0 heterocycles. The molecule has 0 atom stereocenters. The second kappa shape index (κ2) is 3.65. The molecule has 0 unspecified atom stereocenters. The van der Waals surface area contributed by atoms with E-state index in [1.807, 2.05) is 14.1 Å². The second-order valence-corrected chi connectivity index (χ2v) is 3.75. The van der Waals surface area contributed by atoms with E-state index < -0.39 is 4.46 Å². The van der Waals surface area contributed by atoms with E-state index in [9.17, 15) is 0 Å². The summed E-state index contributed by atoms with van der Waals surface area (Å²) < 4.78 is -0.672. The number of alkyl halides is 2. The molecule has 0 N–H and O–H groups in total. The Hall–Kier alpha value is 0.540. The maximum Gasteiger partial charge on any atom is 0.170 e. The molecule has 3 heteroatoms. The van der Waals surface area contributed by atoms with Gasteiger partial charge in [0.2, 0.25) is 0 Å². The number of rotatable bonds is 3. The molecule has 0 aliphatic heterocycles. The lowest BCUT2D eigenvalue weighted by atomic mass is 10.3. The molecule has 0 amide bonds. The third-order valence-corrected chi connectivity index (χ3v) is 2.26. The Kier molecular flexibility index (Phi) is 3.86. The van der Waals surface area contributed by atoms with Crippen molar-refractivity contribution in [3.8, 4) is 0 Å². The van der Waals surface area contributed by atoms with Crippen LogP contribution in [0.25, 0.3) is 0 Å². The summed E-state index contributed by atoms with van der Waals surface area (Å²) in [5.41, 5.74) is 0. The molecule has 0 rings (SSSR count). The van der Waals surface area contributed by atoms with Crippen molar-refractivity contribution < 1.29 is 0 Å². The highest BCUT2D eigenvalue weighted by Gasteiger charge is 2.24. The number of halogens is 2. The molecule has 0 aromatic rings. The normalized spacial score (nSPS) is 12.7. The Morgan fingerprint density at radius 3 is 1.89 bits per heavy atom. The van der Waals surface area contributed by atoms with Crippen LogP contribution in [0.5, 0.6) is 0 Å². The summed E-state index contributed by atoms with van der Waals surface area (Å²) in [6.07, 6.45) is 1.81. The van der Waals surface area contributed by atoms with Crippen molar-refractivity contribution in [1.29, 1.82) is 0 Å². The van der Waals surface area contributed by atoms with Gasteiger partial charge in [0.15, 0.2) is 4.46 Å². The highest BCUT2D eigenvalue weighted by molar-refractivity contribution is 6.47. The molecule has 0 aliphatic rings. The first-order valence-corrected chi connectivity index (χ1v) is 3.81. The summed E-state index contributed by atoms with van der Waals surface area (Å²) in [5.74, 6) is 0. The van der Waals surface area contributed by atoms with Crippen molar-refractivity contribution in [2.24, 2.45) is 0 Å². The highest BCUT2D eigenvalue weighted by Crippen LogP contribution is 2.28. The minimum atomic E-state index is -0.672. The average Bonchev–Trinajstić information content (AvgIpc) is 1.65. The molecule has 0 bridgehead atoms. The van der Waals surface area contributed by atoms with Gasteiger partial charge in [0.05, 0.1) is 0 Å². The summed E-state index contributed by atoms with van der Waals surface area (Å²) in [7, 11) is 3.74. The molecule has 9 heavy (non-hydrogen) atoms. The van der Waals surface area contributed by atoms with Gasteiger partial charge in [0.25, 0.3) is 0 Å². The predicted molar refractivity (Wildman–Crippen MR) is 43.0 cm³/mol. The van der Waals surface area contributed by atoms with Gasteiger partial charge in [0.1, 0.15) is 0 Å². The van der Waals surface area contributed by atoms with Gasteiger partial charge in [-0.05, 0) is 20.5 Å². The van der Waals surface area contributed by atoms with Crippen LogP contribution in [0.3, 0.4) is 0 Å². The Bertz CT molecular complexity index is 81.1. The molecule has 0 spiro atoms. The van der Waals surface area contributed by atoms with Crippen molar-refractivity contribution in [2.45, 2.75) is 24.2 Å². The Morgan fingerprint density at radius 2 is 1.78 bits per heavy atom. The van der Waals surface area contributed by atoms with Gasteiger partial charge in [0, 0.05) is 0 Å². The third-order valence-electron chi connectivity index (χ3n) is 1.21. The molecule has 0 aliphatic carbocycles. The first-order valence-electron chi connectivity index (χ1n) is 3.06. The number of nitrogens with zero attached hydrogens (tertiary/aromatic N) is 1. The van der Waals surface area contributed by atoms with Crippen LogP contribution in [0, 0.1) is 0 Å². The van der Waals surface area contributed by atoms with Gasteiger partial charge in [-0.3, -0.25) is 4.90 Å². The monoisotopic (exact) mass is 169 g/mol. The van der Waals surface area contributed by atoms with Crippen LogP contribution in [0.2, 0.25) is 0 Å². The van der Waals surface area contributed by atoms with E-state index in [-0.39, 0.29) is 0 Å². The van der Waals surface area contributed by atoms with Gasteiger partial charge in [-0.1, -0.05) is 36.5 Å². The fourth-order valence-electron chi connectivity index (χ4n) is 0.524. The largest absolute Gasteiger partial charge is 0.279 e. The quantitative estimate of drug-likeness (QED) is 0.464. The molecule has 0 fully saturated rings. The Morgan fingerprint density at radius 1 is 1.33 bits per heavy atom. The predicted octanol–water partition coefficient (Wildman–Crippen LogP) is 2.48. The van der Waals surface area contributed by atoms with Crippen LogP contribution >= 0.6 is 23.2 Å². The van der Waals surface area contributed by atoms with Gasteiger partial charge < -0.3 is 0 Å². The van der Waals surface area contributed by atoms with Gasteiger partial charge >= 0.3 is 0 Å². The molecular formula is C6H13Cl2N. The van der Waals surface area contributed by atoms with Crippen molar-refractivity contribution in [3.05, 3.63) is 0 Å². The Balaban J connectivity index is 3.70. The zero-order chi connectivity index (χ0) is 7.49. The van der Waals surface area contributed by atoms with Crippen molar-refractivity contribution in [2.75, 3.05) is 14.1 Å². The van der Waals surface area contributed by atoms with Crippen LogP contribution < -0.4 is 0 Å². The number of hydrogen-bond acceptors (Lipinski definition) is 1. The third kappa shape index (κ3) is 3.29. The molecule has 1 nitrogen and oxygen atoms in total. The molecule has 0 radical (unpaired) electrons. The van der Waals surface area contributed by atoms with Crippen LogP contribution in [-0.4, -0.2) is 23.5 Å². The van der Waals surface area contributed by atoms with Crippen molar-refractivity contribution >= 4 is 23.2 Å². The average molecular weight is 170 g/mol. The fraction of sp³-hybridized carbons (Fsp3) is 1.00. The van der Waals surface area contributed by atoms with Crippen molar-refractivity contribution in [1.82, 2.24) is 4.90 Å². The first kappa shape index (κ1) is 9.54. The van der Waals surface area contributed by atoms with Gasteiger partial charge in [-0.15, -0.1) is 0 Å².